The van der Waals surface area contributed by atoms with Gasteiger partial charge in [0.1, 0.15) is 5.82 Å². The van der Waals surface area contributed by atoms with Gasteiger partial charge in [-0.1, -0.05) is 29.8 Å². The van der Waals surface area contributed by atoms with E-state index >= 15 is 0 Å². The Morgan fingerprint density at radius 1 is 1.03 bits per heavy atom. The zero-order chi connectivity index (χ0) is 23.8. The molecule has 0 spiro atoms. The van der Waals surface area contributed by atoms with Crippen LogP contribution >= 0.6 is 0 Å². The largest absolute Gasteiger partial charge is 0.478 e. The van der Waals surface area contributed by atoms with E-state index in [1.165, 1.54) is 18.2 Å². The second kappa shape index (κ2) is 8.44. The predicted molar refractivity (Wildman–Crippen MR) is 131 cm³/mol. The number of carbonyl (C=O) groups excluding carboxylic acids is 1. The fourth-order valence-corrected chi connectivity index (χ4v) is 4.10. The quantitative estimate of drug-likeness (QED) is 0.472. The van der Waals surface area contributed by atoms with Crippen LogP contribution in [0.4, 0.5) is 5.69 Å². The fourth-order valence-electron chi connectivity index (χ4n) is 4.10. The molecule has 168 valence electrons. The number of carboxylic acid groups (broad SMARTS) is 1. The molecule has 0 aliphatic carbocycles. The fraction of sp³-hybridized carbons (Fsp3) is 0.111. The monoisotopic (exact) mass is 451 g/mol. The minimum Gasteiger partial charge on any atom is -0.478 e. The van der Waals surface area contributed by atoms with Crippen molar-refractivity contribution in [3.8, 4) is 0 Å². The van der Waals surface area contributed by atoms with Gasteiger partial charge in [-0.2, -0.15) is 0 Å². The summed E-state index contributed by atoms with van der Waals surface area (Å²) in [6.07, 6.45) is 2.57. The molecule has 0 saturated heterocycles. The van der Waals surface area contributed by atoms with Crippen LogP contribution in [0, 0.1) is 6.92 Å². The van der Waals surface area contributed by atoms with E-state index in [4.69, 9.17) is 0 Å². The number of rotatable bonds is 4. The summed E-state index contributed by atoms with van der Waals surface area (Å²) in [4.78, 5) is 41.4. The molecule has 0 saturated carbocycles. The van der Waals surface area contributed by atoms with Gasteiger partial charge in [-0.25, -0.2) is 9.78 Å². The molecule has 2 heterocycles. The summed E-state index contributed by atoms with van der Waals surface area (Å²) in [5, 5.41) is 12.6. The van der Waals surface area contributed by atoms with Gasteiger partial charge in [0, 0.05) is 17.8 Å². The summed E-state index contributed by atoms with van der Waals surface area (Å²) in [7, 11) is 0. The Labute approximate surface area is 195 Å². The number of nitrogens with zero attached hydrogens (tertiary/aromatic N) is 2. The maximum Gasteiger partial charge on any atom is 0.335 e. The van der Waals surface area contributed by atoms with E-state index in [-0.39, 0.29) is 17.0 Å². The van der Waals surface area contributed by atoms with Crippen molar-refractivity contribution in [3.63, 3.8) is 0 Å². The Morgan fingerprint density at radius 2 is 1.79 bits per heavy atom. The highest BCUT2D eigenvalue weighted by atomic mass is 16.4. The van der Waals surface area contributed by atoms with Crippen molar-refractivity contribution in [1.82, 2.24) is 9.55 Å². The van der Waals surface area contributed by atoms with Gasteiger partial charge in [-0.05, 0) is 73.0 Å². The molecular weight excluding hydrogens is 430 g/mol. The molecule has 0 unspecified atom stereocenters. The molecule has 7 heteroatoms. The Morgan fingerprint density at radius 3 is 2.56 bits per heavy atom. The molecule has 2 N–H and O–H groups in total. The highest BCUT2D eigenvalue weighted by Crippen LogP contribution is 2.28. The van der Waals surface area contributed by atoms with E-state index in [9.17, 15) is 19.5 Å². The van der Waals surface area contributed by atoms with E-state index in [1.54, 1.807) is 16.7 Å². The number of aryl methyl sites for hydroxylation is 1. The SMILES string of the molecule is Cc1ccc(C(=O)Nc2cccc(C=C3CCn4c3nc3cc(C(=O)O)ccc3c4=O)c2)cc1. The number of amides is 1. The van der Waals surface area contributed by atoms with Crippen molar-refractivity contribution in [2.24, 2.45) is 0 Å². The van der Waals surface area contributed by atoms with Crippen molar-refractivity contribution in [1.29, 1.82) is 0 Å². The van der Waals surface area contributed by atoms with Crippen molar-refractivity contribution in [2.45, 2.75) is 19.9 Å². The number of anilines is 1. The van der Waals surface area contributed by atoms with E-state index in [1.807, 2.05) is 49.4 Å². The van der Waals surface area contributed by atoms with Crippen LogP contribution in [0.2, 0.25) is 0 Å². The van der Waals surface area contributed by atoms with Crippen LogP contribution < -0.4 is 10.9 Å². The molecule has 34 heavy (non-hydrogen) atoms. The lowest BCUT2D eigenvalue weighted by atomic mass is 10.1. The van der Waals surface area contributed by atoms with Crippen molar-refractivity contribution < 1.29 is 14.7 Å². The molecule has 7 nitrogen and oxygen atoms in total. The normalized spacial score (nSPS) is 13.7. The second-order valence-electron chi connectivity index (χ2n) is 8.29. The van der Waals surface area contributed by atoms with Gasteiger partial charge in [-0.3, -0.25) is 14.2 Å². The summed E-state index contributed by atoms with van der Waals surface area (Å²) < 4.78 is 1.62. The first-order chi connectivity index (χ1) is 16.4. The molecule has 4 aromatic rings. The highest BCUT2D eigenvalue weighted by Gasteiger charge is 2.21. The second-order valence-corrected chi connectivity index (χ2v) is 8.29. The first kappa shape index (κ1) is 21.3. The van der Waals surface area contributed by atoms with Gasteiger partial charge in [0.15, 0.2) is 0 Å². The van der Waals surface area contributed by atoms with Crippen LogP contribution in [0.1, 0.15) is 44.1 Å². The molecule has 1 aromatic heterocycles. The average Bonchev–Trinajstić information content (AvgIpc) is 3.22. The van der Waals surface area contributed by atoms with Crippen molar-refractivity contribution in [2.75, 3.05) is 5.32 Å². The number of hydrogen-bond donors (Lipinski definition) is 2. The van der Waals surface area contributed by atoms with Crippen LogP contribution in [-0.2, 0) is 6.54 Å². The summed E-state index contributed by atoms with van der Waals surface area (Å²) >= 11 is 0. The first-order valence-corrected chi connectivity index (χ1v) is 10.9. The number of allylic oxidation sites excluding steroid dienone is 1. The third-order valence-corrected chi connectivity index (χ3v) is 5.89. The standard InChI is InChI=1S/C27H21N3O4/c1-16-5-7-18(8-6-16)25(31)28-21-4-2-3-17(14-21)13-19-11-12-30-24(19)29-23-15-20(27(33)34)9-10-22(23)26(30)32/h2-10,13-15H,11-12H2,1H3,(H,28,31)(H,33,34). The number of carboxylic acids is 1. The summed E-state index contributed by atoms with van der Waals surface area (Å²) in [5.74, 6) is -0.719. The zero-order valence-electron chi connectivity index (χ0n) is 18.4. The van der Waals surface area contributed by atoms with Gasteiger partial charge in [-0.15, -0.1) is 0 Å². The Bertz CT molecular complexity index is 1550. The minimum absolute atomic E-state index is 0.0879. The lowest BCUT2D eigenvalue weighted by Crippen LogP contribution is -2.21. The predicted octanol–water partition coefficient (Wildman–Crippen LogP) is 4.60. The van der Waals surface area contributed by atoms with Crippen molar-refractivity contribution in [3.05, 3.63) is 105 Å². The Balaban J connectivity index is 1.47. The van der Waals surface area contributed by atoms with E-state index < -0.39 is 5.97 Å². The molecule has 0 radical (unpaired) electrons. The van der Waals surface area contributed by atoms with Crippen LogP contribution in [0.5, 0.6) is 0 Å². The molecular formula is C27H21N3O4. The molecule has 3 aromatic carbocycles. The third kappa shape index (κ3) is 3.99. The Kier molecular flexibility index (Phi) is 5.30. The molecule has 1 aliphatic heterocycles. The lowest BCUT2D eigenvalue weighted by molar-refractivity contribution is 0.0696. The van der Waals surface area contributed by atoms with Crippen LogP contribution in [0.25, 0.3) is 22.6 Å². The molecule has 1 amide bonds. The smallest absolute Gasteiger partial charge is 0.335 e. The number of hydrogen-bond acceptors (Lipinski definition) is 4. The molecule has 0 fully saturated rings. The van der Waals surface area contributed by atoms with Gasteiger partial charge < -0.3 is 10.4 Å². The number of aromatic nitrogens is 2. The average molecular weight is 451 g/mol. The highest BCUT2D eigenvalue weighted by molar-refractivity contribution is 6.04. The minimum atomic E-state index is -1.07. The first-order valence-electron chi connectivity index (χ1n) is 10.9. The number of benzene rings is 3. The molecule has 1 aliphatic rings. The van der Waals surface area contributed by atoms with Gasteiger partial charge in [0.05, 0.1) is 16.5 Å². The number of carbonyl (C=O) groups is 2. The number of fused-ring (bicyclic) bond motifs is 2. The maximum atomic E-state index is 12.9. The summed E-state index contributed by atoms with van der Waals surface area (Å²) in [6, 6.07) is 19.2. The molecule has 5 rings (SSSR count). The summed E-state index contributed by atoms with van der Waals surface area (Å²) in [5.41, 5.74) is 4.33. The third-order valence-electron chi connectivity index (χ3n) is 5.89. The maximum absolute atomic E-state index is 12.9. The van der Waals surface area contributed by atoms with Gasteiger partial charge in [0.25, 0.3) is 11.5 Å². The van der Waals surface area contributed by atoms with Crippen molar-refractivity contribution >= 4 is 40.1 Å². The van der Waals surface area contributed by atoms with Crippen LogP contribution in [-0.4, -0.2) is 26.5 Å². The number of nitrogens with one attached hydrogen (secondary N) is 1. The van der Waals surface area contributed by atoms with E-state index in [2.05, 4.69) is 10.3 Å². The van der Waals surface area contributed by atoms with E-state index in [0.717, 1.165) is 16.7 Å². The van der Waals surface area contributed by atoms with Crippen LogP contribution in [0.3, 0.4) is 0 Å². The molecule has 0 atom stereocenters. The zero-order valence-corrected chi connectivity index (χ0v) is 18.4. The van der Waals surface area contributed by atoms with Gasteiger partial charge in [0.2, 0.25) is 0 Å². The summed E-state index contributed by atoms with van der Waals surface area (Å²) in [6.45, 7) is 2.48. The topological polar surface area (TPSA) is 101 Å². The molecule has 0 bridgehead atoms. The Hall–Kier alpha value is -4.52. The van der Waals surface area contributed by atoms with Gasteiger partial charge >= 0.3 is 5.97 Å². The van der Waals surface area contributed by atoms with Crippen LogP contribution in [0.15, 0.2) is 71.5 Å². The lowest BCUT2D eigenvalue weighted by Gasteiger charge is -2.08. The van der Waals surface area contributed by atoms with E-state index in [0.29, 0.717) is 40.9 Å². The number of aromatic carboxylic acids is 1.